The lowest BCUT2D eigenvalue weighted by atomic mass is 9.57. The van der Waals surface area contributed by atoms with E-state index in [0.717, 1.165) is 44.9 Å². The van der Waals surface area contributed by atoms with Crippen LogP contribution in [0.5, 0.6) is 0 Å². The molecule has 3 aliphatic rings. The number of nitrogens with zero attached hydrogens (tertiary/aromatic N) is 1. The number of rotatable bonds is 2. The molecule has 3 saturated carbocycles. The third-order valence-corrected chi connectivity index (χ3v) is 5.91. The molecule has 0 heterocycles. The van der Waals surface area contributed by atoms with Gasteiger partial charge in [0.25, 0.3) is 0 Å². The molecule has 0 aromatic heterocycles. The van der Waals surface area contributed by atoms with Crippen LogP contribution >= 0.6 is 0 Å². The maximum Gasteiger partial charge on any atom is 0.110 e. The Balaban J connectivity index is 1.97. The van der Waals surface area contributed by atoms with Gasteiger partial charge in [0.2, 0.25) is 0 Å². The fourth-order valence-corrected chi connectivity index (χ4v) is 5.04. The van der Waals surface area contributed by atoms with Crippen molar-refractivity contribution in [1.82, 2.24) is 0 Å². The molecule has 3 nitrogen and oxygen atoms in total. The van der Waals surface area contributed by atoms with Crippen LogP contribution in [0, 0.1) is 28.6 Å². The SMILES string of the molecule is COC1CCCCC1(O)C1(C#N)CC2CCC1C2. The third kappa shape index (κ3) is 1.42. The summed E-state index contributed by atoms with van der Waals surface area (Å²) in [6.45, 7) is 0. The molecule has 0 radical (unpaired) electrons. The second-order valence-electron chi connectivity index (χ2n) is 6.56. The van der Waals surface area contributed by atoms with Crippen LogP contribution in [-0.2, 0) is 4.74 Å². The molecule has 5 atom stereocenters. The van der Waals surface area contributed by atoms with E-state index in [9.17, 15) is 10.4 Å². The van der Waals surface area contributed by atoms with Gasteiger partial charge in [0.1, 0.15) is 5.60 Å². The number of hydrogen-bond acceptors (Lipinski definition) is 3. The highest BCUT2D eigenvalue weighted by atomic mass is 16.5. The van der Waals surface area contributed by atoms with Gasteiger partial charge in [-0.3, -0.25) is 0 Å². The number of fused-ring (bicyclic) bond motifs is 2. The van der Waals surface area contributed by atoms with Crippen LogP contribution in [0.3, 0.4) is 0 Å². The Kier molecular flexibility index (Phi) is 2.91. The number of methoxy groups -OCH3 is 1. The molecule has 100 valence electrons. The molecule has 0 aliphatic heterocycles. The second-order valence-corrected chi connectivity index (χ2v) is 6.56. The first-order chi connectivity index (χ1) is 8.66. The zero-order valence-electron chi connectivity index (χ0n) is 11.2. The fraction of sp³-hybridized carbons (Fsp3) is 0.933. The molecule has 0 spiro atoms. The zero-order valence-corrected chi connectivity index (χ0v) is 11.2. The summed E-state index contributed by atoms with van der Waals surface area (Å²) in [6.07, 6.45) is 8.03. The van der Waals surface area contributed by atoms with Crippen molar-refractivity contribution >= 4 is 0 Å². The van der Waals surface area contributed by atoms with Crippen molar-refractivity contribution in [2.75, 3.05) is 7.11 Å². The highest BCUT2D eigenvalue weighted by molar-refractivity contribution is 5.22. The highest BCUT2D eigenvalue weighted by Crippen LogP contribution is 2.63. The Bertz CT molecular complexity index is 377. The maximum atomic E-state index is 11.3. The second kappa shape index (κ2) is 4.21. The van der Waals surface area contributed by atoms with Crippen molar-refractivity contribution in [3.05, 3.63) is 0 Å². The number of hydrogen-bond donors (Lipinski definition) is 1. The van der Waals surface area contributed by atoms with Crippen LogP contribution in [0.1, 0.15) is 51.4 Å². The molecule has 1 N–H and O–H groups in total. The monoisotopic (exact) mass is 249 g/mol. The van der Waals surface area contributed by atoms with E-state index >= 15 is 0 Å². The lowest BCUT2D eigenvalue weighted by Crippen LogP contribution is -2.59. The first-order valence-electron chi connectivity index (χ1n) is 7.33. The van der Waals surface area contributed by atoms with Crippen LogP contribution in [-0.4, -0.2) is 23.9 Å². The molecule has 3 rings (SSSR count). The summed E-state index contributed by atoms with van der Waals surface area (Å²) < 4.78 is 5.55. The Labute approximate surface area is 109 Å². The molecule has 0 amide bonds. The molecule has 5 unspecified atom stereocenters. The summed E-state index contributed by atoms with van der Waals surface area (Å²) in [5.74, 6) is 1.06. The minimum atomic E-state index is -0.908. The van der Waals surface area contributed by atoms with Crippen molar-refractivity contribution in [1.29, 1.82) is 5.26 Å². The topological polar surface area (TPSA) is 53.2 Å². The van der Waals surface area contributed by atoms with E-state index in [0.29, 0.717) is 11.8 Å². The normalized spacial score (nSPS) is 51.3. The molecule has 3 fully saturated rings. The van der Waals surface area contributed by atoms with E-state index in [1.165, 1.54) is 6.42 Å². The smallest absolute Gasteiger partial charge is 0.110 e. The molecular formula is C15H23NO2. The van der Waals surface area contributed by atoms with Crippen LogP contribution in [0.2, 0.25) is 0 Å². The van der Waals surface area contributed by atoms with E-state index < -0.39 is 11.0 Å². The molecular weight excluding hydrogens is 226 g/mol. The van der Waals surface area contributed by atoms with Gasteiger partial charge >= 0.3 is 0 Å². The van der Waals surface area contributed by atoms with Crippen molar-refractivity contribution in [2.45, 2.75) is 63.1 Å². The van der Waals surface area contributed by atoms with Crippen molar-refractivity contribution in [2.24, 2.45) is 17.3 Å². The van der Waals surface area contributed by atoms with Gasteiger partial charge in [-0.15, -0.1) is 0 Å². The van der Waals surface area contributed by atoms with Crippen molar-refractivity contribution in [3.63, 3.8) is 0 Å². The molecule has 0 saturated heterocycles. The largest absolute Gasteiger partial charge is 0.385 e. The average molecular weight is 249 g/mol. The van der Waals surface area contributed by atoms with Gasteiger partial charge < -0.3 is 9.84 Å². The molecule has 0 aromatic rings. The van der Waals surface area contributed by atoms with Gasteiger partial charge in [0.15, 0.2) is 0 Å². The van der Waals surface area contributed by atoms with Gasteiger partial charge in [-0.05, 0) is 43.9 Å². The molecule has 3 aliphatic carbocycles. The maximum absolute atomic E-state index is 11.3. The quantitative estimate of drug-likeness (QED) is 0.818. The first-order valence-corrected chi connectivity index (χ1v) is 7.33. The number of aliphatic hydroxyl groups is 1. The molecule has 0 aromatic carbocycles. The van der Waals surface area contributed by atoms with E-state index in [4.69, 9.17) is 4.74 Å². The first kappa shape index (κ1) is 12.4. The molecule has 3 heteroatoms. The van der Waals surface area contributed by atoms with Crippen LogP contribution < -0.4 is 0 Å². The summed E-state index contributed by atoms with van der Waals surface area (Å²) >= 11 is 0. The zero-order chi connectivity index (χ0) is 12.8. The van der Waals surface area contributed by atoms with Crippen LogP contribution in [0.15, 0.2) is 0 Å². The van der Waals surface area contributed by atoms with E-state index in [-0.39, 0.29) is 6.10 Å². The van der Waals surface area contributed by atoms with Crippen LogP contribution in [0.4, 0.5) is 0 Å². The summed E-state index contributed by atoms with van der Waals surface area (Å²) in [6, 6.07) is 2.55. The minimum absolute atomic E-state index is 0.148. The predicted octanol–water partition coefficient (Wildman–Crippen LogP) is 2.64. The lowest BCUT2D eigenvalue weighted by molar-refractivity contribution is -0.184. The van der Waals surface area contributed by atoms with E-state index in [1.54, 1.807) is 7.11 Å². The van der Waals surface area contributed by atoms with Gasteiger partial charge in [-0.1, -0.05) is 19.3 Å². The Morgan fingerprint density at radius 3 is 2.67 bits per heavy atom. The highest BCUT2D eigenvalue weighted by Gasteiger charge is 2.65. The molecule has 2 bridgehead atoms. The van der Waals surface area contributed by atoms with E-state index in [1.807, 2.05) is 0 Å². The third-order valence-electron chi connectivity index (χ3n) is 5.91. The summed E-state index contributed by atoms with van der Waals surface area (Å²) in [5.41, 5.74) is -1.44. The van der Waals surface area contributed by atoms with Gasteiger partial charge in [0, 0.05) is 7.11 Å². The summed E-state index contributed by atoms with van der Waals surface area (Å²) in [4.78, 5) is 0. The van der Waals surface area contributed by atoms with Gasteiger partial charge in [-0.25, -0.2) is 0 Å². The predicted molar refractivity (Wildman–Crippen MR) is 67.7 cm³/mol. The summed E-state index contributed by atoms with van der Waals surface area (Å²) in [5, 5.41) is 21.1. The average Bonchev–Trinajstić information content (AvgIpc) is 3.00. The van der Waals surface area contributed by atoms with Crippen molar-refractivity contribution in [3.8, 4) is 6.07 Å². The molecule has 18 heavy (non-hydrogen) atoms. The Morgan fingerprint density at radius 1 is 1.28 bits per heavy atom. The summed E-state index contributed by atoms with van der Waals surface area (Å²) in [7, 11) is 1.68. The standard InChI is InChI=1S/C15H23NO2/c1-18-13-4-2-3-7-15(13,17)14(10-16)9-11-5-6-12(14)8-11/h11-13,17H,2-9H2,1H3. The minimum Gasteiger partial charge on any atom is -0.385 e. The number of nitriles is 1. The van der Waals surface area contributed by atoms with Gasteiger partial charge in [-0.2, -0.15) is 5.26 Å². The van der Waals surface area contributed by atoms with Crippen LogP contribution in [0.25, 0.3) is 0 Å². The fourth-order valence-electron chi connectivity index (χ4n) is 5.04. The van der Waals surface area contributed by atoms with Gasteiger partial charge in [0.05, 0.1) is 17.6 Å². The Hall–Kier alpha value is -0.590. The Morgan fingerprint density at radius 2 is 2.11 bits per heavy atom. The van der Waals surface area contributed by atoms with Crippen molar-refractivity contribution < 1.29 is 9.84 Å². The number of ether oxygens (including phenoxy) is 1. The van der Waals surface area contributed by atoms with E-state index in [2.05, 4.69) is 6.07 Å². The lowest BCUT2D eigenvalue weighted by Gasteiger charge is -2.51.